The molecular weight excluding hydrogens is 266 g/mol. The molecule has 1 aromatic carbocycles. The molecule has 0 fully saturated rings. The number of rotatable bonds is 2. The summed E-state index contributed by atoms with van der Waals surface area (Å²) in [7, 11) is 1.24. The van der Waals surface area contributed by atoms with E-state index in [1.807, 2.05) is 0 Å². The van der Waals surface area contributed by atoms with Gasteiger partial charge in [-0.15, -0.1) is 0 Å². The van der Waals surface area contributed by atoms with Crippen LogP contribution in [0.4, 0.5) is 23.2 Å². The highest BCUT2D eigenvalue weighted by molar-refractivity contribution is 5.60. The largest absolute Gasteiger partial charge is 0.494 e. The van der Waals surface area contributed by atoms with Gasteiger partial charge in [-0.05, 0) is 6.07 Å². The van der Waals surface area contributed by atoms with Gasteiger partial charge in [0.05, 0.1) is 18.5 Å². The second kappa shape index (κ2) is 4.45. The SMILES string of the molecule is COc1cc(-n2ccc(C(F)(F)F)n2)c(N)cc1F. The normalized spacial score (nSPS) is 11.6. The van der Waals surface area contributed by atoms with Gasteiger partial charge in [-0.25, -0.2) is 9.07 Å². The zero-order valence-electron chi connectivity index (χ0n) is 9.70. The van der Waals surface area contributed by atoms with Crippen molar-refractivity contribution in [2.24, 2.45) is 0 Å². The molecule has 8 heteroatoms. The second-order valence-electron chi connectivity index (χ2n) is 3.69. The summed E-state index contributed by atoms with van der Waals surface area (Å²) in [5.74, 6) is -0.833. The van der Waals surface area contributed by atoms with Crippen molar-refractivity contribution in [3.8, 4) is 11.4 Å². The van der Waals surface area contributed by atoms with Crippen molar-refractivity contribution in [1.82, 2.24) is 9.78 Å². The number of nitrogens with two attached hydrogens (primary N) is 1. The predicted octanol–water partition coefficient (Wildman–Crippen LogP) is 2.62. The summed E-state index contributed by atoms with van der Waals surface area (Å²) in [6.45, 7) is 0. The van der Waals surface area contributed by atoms with Crippen LogP contribution in [0.15, 0.2) is 24.4 Å². The number of alkyl halides is 3. The molecule has 0 aliphatic rings. The van der Waals surface area contributed by atoms with Crippen LogP contribution in [0.2, 0.25) is 0 Å². The van der Waals surface area contributed by atoms with Crippen LogP contribution in [0.25, 0.3) is 5.69 Å². The number of benzene rings is 1. The predicted molar refractivity (Wildman–Crippen MR) is 59.5 cm³/mol. The number of aromatic nitrogens is 2. The number of methoxy groups -OCH3 is 1. The quantitative estimate of drug-likeness (QED) is 0.677. The molecular formula is C11H9F4N3O. The maximum absolute atomic E-state index is 13.3. The van der Waals surface area contributed by atoms with E-state index in [9.17, 15) is 17.6 Å². The Morgan fingerprint density at radius 2 is 2.00 bits per heavy atom. The first kappa shape index (κ1) is 13.2. The molecule has 0 amide bonds. The lowest BCUT2D eigenvalue weighted by atomic mass is 10.2. The summed E-state index contributed by atoms with van der Waals surface area (Å²) in [5.41, 5.74) is 4.56. The van der Waals surface area contributed by atoms with E-state index in [1.165, 1.54) is 13.2 Å². The molecule has 0 bridgehead atoms. The molecule has 1 heterocycles. The molecule has 0 unspecified atom stereocenters. The van der Waals surface area contributed by atoms with Crippen LogP contribution in [-0.4, -0.2) is 16.9 Å². The minimum atomic E-state index is -4.55. The Bertz CT molecular complexity index is 606. The van der Waals surface area contributed by atoms with Crippen molar-refractivity contribution in [3.63, 3.8) is 0 Å². The molecule has 0 saturated carbocycles. The molecule has 2 rings (SSSR count). The van der Waals surface area contributed by atoms with E-state index in [-0.39, 0.29) is 17.1 Å². The minimum Gasteiger partial charge on any atom is -0.494 e. The Hall–Kier alpha value is -2.25. The maximum atomic E-state index is 13.3. The van der Waals surface area contributed by atoms with Gasteiger partial charge in [-0.3, -0.25) is 0 Å². The molecule has 0 aliphatic carbocycles. The summed E-state index contributed by atoms with van der Waals surface area (Å²) in [6, 6.07) is 2.94. The van der Waals surface area contributed by atoms with Crippen LogP contribution < -0.4 is 10.5 Å². The van der Waals surface area contributed by atoms with Gasteiger partial charge in [0.1, 0.15) is 0 Å². The van der Waals surface area contributed by atoms with Crippen molar-refractivity contribution >= 4 is 5.69 Å². The Labute approximate surface area is 105 Å². The first-order valence-corrected chi connectivity index (χ1v) is 5.09. The van der Waals surface area contributed by atoms with Gasteiger partial charge in [0.25, 0.3) is 0 Å². The van der Waals surface area contributed by atoms with E-state index >= 15 is 0 Å². The van der Waals surface area contributed by atoms with Gasteiger partial charge in [-0.2, -0.15) is 18.3 Å². The Morgan fingerprint density at radius 1 is 1.32 bits per heavy atom. The monoisotopic (exact) mass is 275 g/mol. The van der Waals surface area contributed by atoms with Crippen molar-refractivity contribution in [1.29, 1.82) is 0 Å². The summed E-state index contributed by atoms with van der Waals surface area (Å²) in [5, 5.41) is 3.35. The van der Waals surface area contributed by atoms with Gasteiger partial charge in [-0.1, -0.05) is 0 Å². The van der Waals surface area contributed by atoms with Gasteiger partial charge in [0, 0.05) is 18.3 Å². The molecule has 0 atom stereocenters. The molecule has 0 spiro atoms. The lowest BCUT2D eigenvalue weighted by Gasteiger charge is -2.09. The van der Waals surface area contributed by atoms with E-state index in [1.54, 1.807) is 0 Å². The Morgan fingerprint density at radius 3 is 2.53 bits per heavy atom. The van der Waals surface area contributed by atoms with Crippen LogP contribution in [0.5, 0.6) is 5.75 Å². The third-order valence-electron chi connectivity index (χ3n) is 2.43. The van der Waals surface area contributed by atoms with Crippen LogP contribution in [0.3, 0.4) is 0 Å². The summed E-state index contributed by atoms with van der Waals surface area (Å²) < 4.78 is 56.3. The number of hydrogen-bond acceptors (Lipinski definition) is 3. The number of ether oxygens (including phenoxy) is 1. The summed E-state index contributed by atoms with van der Waals surface area (Å²) in [4.78, 5) is 0. The number of nitrogens with zero attached hydrogens (tertiary/aromatic N) is 2. The summed E-state index contributed by atoms with van der Waals surface area (Å²) >= 11 is 0. The second-order valence-corrected chi connectivity index (χ2v) is 3.69. The lowest BCUT2D eigenvalue weighted by molar-refractivity contribution is -0.141. The van der Waals surface area contributed by atoms with E-state index in [0.29, 0.717) is 0 Å². The first-order valence-electron chi connectivity index (χ1n) is 5.09. The fraction of sp³-hybridized carbons (Fsp3) is 0.182. The molecule has 19 heavy (non-hydrogen) atoms. The first-order chi connectivity index (χ1) is 8.82. The third kappa shape index (κ3) is 2.47. The van der Waals surface area contributed by atoms with Crippen molar-refractivity contribution < 1.29 is 22.3 Å². The lowest BCUT2D eigenvalue weighted by Crippen LogP contribution is -2.08. The van der Waals surface area contributed by atoms with Gasteiger partial charge in [0.15, 0.2) is 17.3 Å². The van der Waals surface area contributed by atoms with Crippen molar-refractivity contribution in [2.45, 2.75) is 6.18 Å². The topological polar surface area (TPSA) is 53.1 Å². The van der Waals surface area contributed by atoms with Crippen molar-refractivity contribution in [3.05, 3.63) is 35.9 Å². The van der Waals surface area contributed by atoms with Gasteiger partial charge < -0.3 is 10.5 Å². The van der Waals surface area contributed by atoms with E-state index < -0.39 is 17.7 Å². The average molecular weight is 275 g/mol. The molecule has 1 aromatic heterocycles. The molecule has 2 aromatic rings. The van der Waals surface area contributed by atoms with Gasteiger partial charge >= 0.3 is 6.18 Å². The maximum Gasteiger partial charge on any atom is 0.435 e. The molecule has 0 radical (unpaired) electrons. The smallest absolute Gasteiger partial charge is 0.435 e. The number of nitrogen functional groups attached to an aromatic ring is 1. The third-order valence-corrected chi connectivity index (χ3v) is 2.43. The number of hydrogen-bond donors (Lipinski definition) is 1. The fourth-order valence-electron chi connectivity index (χ4n) is 1.52. The standard InChI is InChI=1S/C11H9F4N3O/c1-19-9-5-8(7(16)4-6(9)12)18-3-2-10(17-18)11(13,14)15/h2-5H,16H2,1H3. The zero-order chi connectivity index (χ0) is 14.2. The number of halogens is 4. The molecule has 0 aliphatic heterocycles. The molecule has 2 N–H and O–H groups in total. The van der Waals surface area contributed by atoms with Crippen LogP contribution in [-0.2, 0) is 6.18 Å². The number of anilines is 1. The highest BCUT2D eigenvalue weighted by Gasteiger charge is 2.33. The highest BCUT2D eigenvalue weighted by atomic mass is 19.4. The molecule has 102 valence electrons. The molecule has 4 nitrogen and oxygen atoms in total. The highest BCUT2D eigenvalue weighted by Crippen LogP contribution is 2.30. The zero-order valence-corrected chi connectivity index (χ0v) is 9.70. The van der Waals surface area contributed by atoms with E-state index in [4.69, 9.17) is 10.5 Å². The van der Waals surface area contributed by atoms with Crippen LogP contribution >= 0.6 is 0 Å². The van der Waals surface area contributed by atoms with Crippen LogP contribution in [0, 0.1) is 5.82 Å². The Kier molecular flexibility index (Phi) is 3.09. The summed E-state index contributed by atoms with van der Waals surface area (Å²) in [6.07, 6.45) is -3.46. The van der Waals surface area contributed by atoms with E-state index in [0.717, 1.165) is 23.0 Å². The molecule has 0 saturated heterocycles. The average Bonchev–Trinajstić information content (AvgIpc) is 2.78. The Balaban J connectivity index is 2.50. The minimum absolute atomic E-state index is 0.0462. The van der Waals surface area contributed by atoms with Gasteiger partial charge in [0.2, 0.25) is 0 Å². The van der Waals surface area contributed by atoms with E-state index in [2.05, 4.69) is 5.10 Å². The fourth-order valence-corrected chi connectivity index (χ4v) is 1.52. The van der Waals surface area contributed by atoms with Crippen LogP contribution in [0.1, 0.15) is 5.69 Å². The van der Waals surface area contributed by atoms with Crippen molar-refractivity contribution in [2.75, 3.05) is 12.8 Å².